The number of pyridine rings is 1. The molecule has 2 heterocycles. The van der Waals surface area contributed by atoms with Crippen molar-refractivity contribution >= 4 is 11.8 Å². The van der Waals surface area contributed by atoms with Gasteiger partial charge >= 0.3 is 0 Å². The number of aliphatic imine (C=N–C) groups is 1. The van der Waals surface area contributed by atoms with Gasteiger partial charge in [0.1, 0.15) is 5.82 Å². The van der Waals surface area contributed by atoms with Gasteiger partial charge in [0.05, 0.1) is 25.4 Å². The van der Waals surface area contributed by atoms with Gasteiger partial charge in [0.2, 0.25) is 0 Å². The first-order valence-corrected chi connectivity index (χ1v) is 10.7. The molecule has 1 aliphatic heterocycles. The van der Waals surface area contributed by atoms with Crippen molar-refractivity contribution in [2.24, 2.45) is 4.99 Å². The molecule has 3 rings (SSSR count). The molecule has 1 fully saturated rings. The SMILES string of the molecule is CCNC(=NCC(O)COC(C)c1ccccc1)N1CCN(c2ccccn2)CC1. The summed E-state index contributed by atoms with van der Waals surface area (Å²) in [5, 5.41) is 13.7. The summed E-state index contributed by atoms with van der Waals surface area (Å²) in [6.07, 6.45) is 1.13. The predicted octanol–water partition coefficient (Wildman–Crippen LogP) is 2.31. The lowest BCUT2D eigenvalue weighted by Gasteiger charge is -2.37. The Morgan fingerprint density at radius 1 is 1.13 bits per heavy atom. The van der Waals surface area contributed by atoms with E-state index < -0.39 is 6.10 Å². The number of aliphatic hydroxyl groups excluding tert-OH is 1. The Morgan fingerprint density at radius 2 is 1.87 bits per heavy atom. The van der Waals surface area contributed by atoms with Crippen LogP contribution in [0.15, 0.2) is 59.7 Å². The first-order chi connectivity index (χ1) is 14.7. The molecule has 1 aromatic carbocycles. The molecule has 1 saturated heterocycles. The second kappa shape index (κ2) is 11.5. The summed E-state index contributed by atoms with van der Waals surface area (Å²) in [5.74, 6) is 1.85. The fourth-order valence-corrected chi connectivity index (χ4v) is 3.43. The molecule has 7 nitrogen and oxygen atoms in total. The Balaban J connectivity index is 1.48. The van der Waals surface area contributed by atoms with Gasteiger partial charge < -0.3 is 25.0 Å². The van der Waals surface area contributed by atoms with Crippen LogP contribution in [-0.4, -0.2) is 72.9 Å². The summed E-state index contributed by atoms with van der Waals surface area (Å²) < 4.78 is 5.82. The first kappa shape index (κ1) is 22.1. The lowest BCUT2D eigenvalue weighted by molar-refractivity contribution is 0.00104. The average Bonchev–Trinajstić information content (AvgIpc) is 2.81. The zero-order chi connectivity index (χ0) is 21.2. The second-order valence-corrected chi connectivity index (χ2v) is 7.40. The van der Waals surface area contributed by atoms with E-state index in [4.69, 9.17) is 4.74 Å². The molecule has 1 aromatic heterocycles. The third-order valence-electron chi connectivity index (χ3n) is 5.15. The van der Waals surface area contributed by atoms with Crippen LogP contribution in [0.1, 0.15) is 25.5 Å². The van der Waals surface area contributed by atoms with Crippen molar-refractivity contribution in [3.8, 4) is 0 Å². The molecule has 2 aromatic rings. The third-order valence-corrected chi connectivity index (χ3v) is 5.15. The molecule has 0 amide bonds. The minimum Gasteiger partial charge on any atom is -0.389 e. The highest BCUT2D eigenvalue weighted by Crippen LogP contribution is 2.16. The number of nitrogens with zero attached hydrogens (tertiary/aromatic N) is 4. The number of rotatable bonds is 8. The molecule has 7 heteroatoms. The molecule has 0 aliphatic carbocycles. The van der Waals surface area contributed by atoms with Crippen LogP contribution in [0.3, 0.4) is 0 Å². The minimum atomic E-state index is -0.639. The van der Waals surface area contributed by atoms with Gasteiger partial charge in [-0.25, -0.2) is 4.98 Å². The fourth-order valence-electron chi connectivity index (χ4n) is 3.43. The Hall–Kier alpha value is -2.64. The molecule has 0 saturated carbocycles. The van der Waals surface area contributed by atoms with Crippen molar-refractivity contribution in [2.45, 2.75) is 26.1 Å². The van der Waals surface area contributed by atoms with Crippen molar-refractivity contribution in [1.29, 1.82) is 0 Å². The Morgan fingerprint density at radius 3 is 2.53 bits per heavy atom. The van der Waals surface area contributed by atoms with Crippen LogP contribution in [0, 0.1) is 0 Å². The monoisotopic (exact) mass is 411 g/mol. The summed E-state index contributed by atoms with van der Waals surface area (Å²) >= 11 is 0. The maximum absolute atomic E-state index is 10.4. The number of aliphatic hydroxyl groups is 1. The van der Waals surface area contributed by atoms with E-state index in [1.165, 1.54) is 0 Å². The van der Waals surface area contributed by atoms with Crippen molar-refractivity contribution < 1.29 is 9.84 Å². The quantitative estimate of drug-likeness (QED) is 0.513. The van der Waals surface area contributed by atoms with Gasteiger partial charge in [-0.3, -0.25) is 4.99 Å². The summed E-state index contributed by atoms with van der Waals surface area (Å²) in [6, 6.07) is 16.0. The van der Waals surface area contributed by atoms with Crippen LogP contribution < -0.4 is 10.2 Å². The van der Waals surface area contributed by atoms with Gasteiger partial charge in [0.15, 0.2) is 5.96 Å². The molecule has 0 spiro atoms. The fraction of sp³-hybridized carbons (Fsp3) is 0.478. The molecule has 1 aliphatic rings. The summed E-state index contributed by atoms with van der Waals surface area (Å²) in [4.78, 5) is 13.6. The summed E-state index contributed by atoms with van der Waals surface area (Å²) in [6.45, 7) is 8.91. The highest BCUT2D eigenvalue weighted by molar-refractivity contribution is 5.80. The lowest BCUT2D eigenvalue weighted by atomic mass is 10.1. The van der Waals surface area contributed by atoms with E-state index >= 15 is 0 Å². The number of ether oxygens (including phenoxy) is 1. The number of benzene rings is 1. The second-order valence-electron chi connectivity index (χ2n) is 7.40. The number of aromatic nitrogens is 1. The number of piperazine rings is 1. The van der Waals surface area contributed by atoms with E-state index in [2.05, 4.69) is 32.0 Å². The lowest BCUT2D eigenvalue weighted by Crippen LogP contribution is -2.53. The minimum absolute atomic E-state index is 0.0576. The smallest absolute Gasteiger partial charge is 0.194 e. The number of hydrogen-bond acceptors (Lipinski definition) is 5. The normalized spacial score (nSPS) is 17.0. The van der Waals surface area contributed by atoms with E-state index in [0.29, 0.717) is 6.54 Å². The van der Waals surface area contributed by atoms with Crippen molar-refractivity contribution in [2.75, 3.05) is 50.8 Å². The summed E-state index contributed by atoms with van der Waals surface area (Å²) in [7, 11) is 0. The van der Waals surface area contributed by atoms with E-state index in [0.717, 1.165) is 50.1 Å². The molecule has 30 heavy (non-hydrogen) atoms. The van der Waals surface area contributed by atoms with Crippen LogP contribution in [0.25, 0.3) is 0 Å². The molecule has 0 bridgehead atoms. The zero-order valence-corrected chi connectivity index (χ0v) is 17.9. The Kier molecular flexibility index (Phi) is 8.47. The van der Waals surface area contributed by atoms with Gasteiger partial charge in [0.25, 0.3) is 0 Å². The molecule has 2 N–H and O–H groups in total. The van der Waals surface area contributed by atoms with Crippen LogP contribution >= 0.6 is 0 Å². The van der Waals surface area contributed by atoms with Crippen molar-refractivity contribution in [3.05, 3.63) is 60.3 Å². The largest absolute Gasteiger partial charge is 0.389 e. The standard InChI is InChI=1S/C23H33N5O2/c1-3-24-23(28-15-13-27(14-16-28)22-11-7-8-12-25-22)26-17-21(29)18-30-19(2)20-9-5-4-6-10-20/h4-12,19,21,29H,3,13-18H2,1-2H3,(H,24,26). The zero-order valence-electron chi connectivity index (χ0n) is 17.9. The molecule has 0 radical (unpaired) electrons. The molecular formula is C23H33N5O2. The van der Waals surface area contributed by atoms with Crippen molar-refractivity contribution in [1.82, 2.24) is 15.2 Å². The van der Waals surface area contributed by atoms with Gasteiger partial charge in [-0.2, -0.15) is 0 Å². The maximum atomic E-state index is 10.4. The van der Waals surface area contributed by atoms with Crippen molar-refractivity contribution in [3.63, 3.8) is 0 Å². The predicted molar refractivity (Wildman–Crippen MR) is 121 cm³/mol. The van der Waals surface area contributed by atoms with Gasteiger partial charge in [0, 0.05) is 38.9 Å². The Labute approximate surface area is 179 Å². The average molecular weight is 412 g/mol. The van der Waals surface area contributed by atoms with Crippen LogP contribution in [0.2, 0.25) is 0 Å². The van der Waals surface area contributed by atoms with Gasteiger partial charge in [-0.05, 0) is 31.5 Å². The van der Waals surface area contributed by atoms with Gasteiger partial charge in [-0.15, -0.1) is 0 Å². The molecule has 162 valence electrons. The highest BCUT2D eigenvalue weighted by atomic mass is 16.5. The highest BCUT2D eigenvalue weighted by Gasteiger charge is 2.20. The van der Waals surface area contributed by atoms with Crippen LogP contribution in [-0.2, 0) is 4.74 Å². The number of anilines is 1. The Bertz CT molecular complexity index is 764. The number of nitrogens with one attached hydrogen (secondary N) is 1. The maximum Gasteiger partial charge on any atom is 0.194 e. The summed E-state index contributed by atoms with van der Waals surface area (Å²) in [5.41, 5.74) is 1.10. The van der Waals surface area contributed by atoms with E-state index in [1.54, 1.807) is 0 Å². The molecule has 2 unspecified atom stereocenters. The molecular weight excluding hydrogens is 378 g/mol. The van der Waals surface area contributed by atoms with E-state index in [9.17, 15) is 5.11 Å². The first-order valence-electron chi connectivity index (χ1n) is 10.7. The third kappa shape index (κ3) is 6.43. The molecule has 2 atom stereocenters. The van der Waals surface area contributed by atoms with Crippen LogP contribution in [0.5, 0.6) is 0 Å². The van der Waals surface area contributed by atoms with E-state index in [-0.39, 0.29) is 12.7 Å². The topological polar surface area (TPSA) is 73.2 Å². The van der Waals surface area contributed by atoms with Gasteiger partial charge in [-0.1, -0.05) is 36.4 Å². The number of guanidine groups is 1. The number of hydrogen-bond donors (Lipinski definition) is 2. The van der Waals surface area contributed by atoms with Crippen LogP contribution in [0.4, 0.5) is 5.82 Å². The van der Waals surface area contributed by atoms with E-state index in [1.807, 2.05) is 61.7 Å².